The number of hydrogen-bond donors (Lipinski definition) is 1. The summed E-state index contributed by atoms with van der Waals surface area (Å²) in [4.78, 5) is 5.30. The van der Waals surface area contributed by atoms with Crippen molar-refractivity contribution in [2.24, 2.45) is 0 Å². The summed E-state index contributed by atoms with van der Waals surface area (Å²) in [5, 5.41) is 6.04. The molecule has 2 aromatic heterocycles. The molecule has 3 rings (SSSR count). The highest BCUT2D eigenvalue weighted by Gasteiger charge is 2.15. The van der Waals surface area contributed by atoms with Crippen LogP contribution in [0.5, 0.6) is 0 Å². The average Bonchev–Trinajstić information content (AvgIpc) is 3.01. The maximum Gasteiger partial charge on any atom is 0.270 e. The first-order chi connectivity index (χ1) is 9.65. The molecular weight excluding hydrogens is 270 g/mol. The number of thiophene rings is 1. The molecule has 102 valence electrons. The number of hydrogen-bond acceptors (Lipinski definition) is 5. The van der Waals surface area contributed by atoms with Crippen molar-refractivity contribution >= 4 is 17.0 Å². The van der Waals surface area contributed by atoms with Gasteiger partial charge in [0, 0.05) is 6.42 Å². The average molecular weight is 285 g/mol. The van der Waals surface area contributed by atoms with Crippen LogP contribution in [0.15, 0.2) is 34.2 Å². The van der Waals surface area contributed by atoms with Crippen molar-refractivity contribution in [1.82, 2.24) is 10.1 Å². The molecule has 5 heteroatoms. The van der Waals surface area contributed by atoms with Crippen molar-refractivity contribution in [3.63, 3.8) is 0 Å². The van der Waals surface area contributed by atoms with Gasteiger partial charge in [-0.2, -0.15) is 4.98 Å². The lowest BCUT2D eigenvalue weighted by Crippen LogP contribution is -1.93. The quantitative estimate of drug-likeness (QED) is 0.798. The Morgan fingerprint density at radius 2 is 2.00 bits per heavy atom. The SMILES string of the molecule is Cc1ccccc1Cc1noc(-c2scc(C)c2N)n1. The minimum atomic E-state index is 0.504. The van der Waals surface area contributed by atoms with Crippen LogP contribution in [-0.2, 0) is 6.42 Å². The number of aryl methyl sites for hydroxylation is 2. The molecule has 0 aliphatic carbocycles. The second-order valence-corrected chi connectivity index (χ2v) is 5.66. The number of anilines is 1. The van der Waals surface area contributed by atoms with Crippen molar-refractivity contribution in [3.05, 3.63) is 52.2 Å². The number of benzene rings is 1. The molecule has 0 unspecified atom stereocenters. The number of nitrogens with zero attached hydrogens (tertiary/aromatic N) is 2. The maximum absolute atomic E-state index is 6.00. The normalized spacial score (nSPS) is 10.9. The maximum atomic E-state index is 6.00. The number of nitrogen functional groups attached to an aromatic ring is 1. The molecule has 2 N–H and O–H groups in total. The van der Waals surface area contributed by atoms with Crippen LogP contribution in [0.4, 0.5) is 5.69 Å². The second-order valence-electron chi connectivity index (χ2n) is 4.78. The highest BCUT2D eigenvalue weighted by Crippen LogP contribution is 2.33. The van der Waals surface area contributed by atoms with E-state index >= 15 is 0 Å². The van der Waals surface area contributed by atoms with Crippen LogP contribution in [0.1, 0.15) is 22.5 Å². The Bertz CT molecular complexity index is 745. The highest BCUT2D eigenvalue weighted by atomic mass is 32.1. The molecule has 3 aromatic rings. The molecule has 0 atom stereocenters. The molecule has 0 bridgehead atoms. The molecule has 0 saturated heterocycles. The van der Waals surface area contributed by atoms with E-state index in [1.165, 1.54) is 22.5 Å². The van der Waals surface area contributed by atoms with Gasteiger partial charge < -0.3 is 10.3 Å². The first-order valence-electron chi connectivity index (χ1n) is 6.36. The molecule has 4 nitrogen and oxygen atoms in total. The van der Waals surface area contributed by atoms with Crippen molar-refractivity contribution < 1.29 is 4.52 Å². The fraction of sp³-hybridized carbons (Fsp3) is 0.200. The van der Waals surface area contributed by atoms with Crippen LogP contribution >= 0.6 is 11.3 Å². The third-order valence-electron chi connectivity index (χ3n) is 3.30. The summed E-state index contributed by atoms with van der Waals surface area (Å²) in [7, 11) is 0. The Morgan fingerprint density at radius 1 is 1.20 bits per heavy atom. The lowest BCUT2D eigenvalue weighted by Gasteiger charge is -2.00. The molecule has 2 heterocycles. The summed E-state index contributed by atoms with van der Waals surface area (Å²) in [6, 6.07) is 8.20. The van der Waals surface area contributed by atoms with Gasteiger partial charge >= 0.3 is 0 Å². The monoisotopic (exact) mass is 285 g/mol. The van der Waals surface area contributed by atoms with E-state index in [2.05, 4.69) is 29.2 Å². The van der Waals surface area contributed by atoms with E-state index in [1.807, 2.05) is 24.4 Å². The van der Waals surface area contributed by atoms with Gasteiger partial charge in [0.05, 0.1) is 5.69 Å². The third kappa shape index (κ3) is 2.32. The van der Waals surface area contributed by atoms with Crippen LogP contribution in [0.2, 0.25) is 0 Å². The first-order valence-corrected chi connectivity index (χ1v) is 7.24. The minimum absolute atomic E-state index is 0.504. The summed E-state index contributed by atoms with van der Waals surface area (Å²) in [5.74, 6) is 1.18. The fourth-order valence-electron chi connectivity index (χ4n) is 2.02. The van der Waals surface area contributed by atoms with Gasteiger partial charge in [-0.1, -0.05) is 29.4 Å². The Balaban J connectivity index is 1.88. The van der Waals surface area contributed by atoms with Gasteiger partial charge in [-0.15, -0.1) is 11.3 Å². The van der Waals surface area contributed by atoms with Gasteiger partial charge in [0.25, 0.3) is 5.89 Å². The lowest BCUT2D eigenvalue weighted by atomic mass is 10.1. The van der Waals surface area contributed by atoms with E-state index in [1.54, 1.807) is 0 Å². The zero-order chi connectivity index (χ0) is 14.1. The Kier molecular flexibility index (Phi) is 3.28. The van der Waals surface area contributed by atoms with Gasteiger partial charge in [-0.3, -0.25) is 0 Å². The van der Waals surface area contributed by atoms with Gasteiger partial charge in [0.1, 0.15) is 4.88 Å². The molecule has 0 saturated carbocycles. The summed E-state index contributed by atoms with van der Waals surface area (Å²) in [5.41, 5.74) is 10.2. The highest BCUT2D eigenvalue weighted by molar-refractivity contribution is 7.14. The van der Waals surface area contributed by atoms with E-state index in [0.717, 1.165) is 16.1 Å². The van der Waals surface area contributed by atoms with E-state index in [9.17, 15) is 0 Å². The molecule has 0 aliphatic rings. The van der Waals surface area contributed by atoms with E-state index < -0.39 is 0 Å². The molecule has 0 fully saturated rings. The smallest absolute Gasteiger partial charge is 0.270 e. The zero-order valence-electron chi connectivity index (χ0n) is 11.4. The summed E-state index contributed by atoms with van der Waals surface area (Å²) in [6.45, 7) is 4.05. The van der Waals surface area contributed by atoms with Crippen LogP contribution in [0.25, 0.3) is 10.8 Å². The molecular formula is C15H15N3OS. The second kappa shape index (κ2) is 5.09. The summed E-state index contributed by atoms with van der Waals surface area (Å²) >= 11 is 1.53. The molecule has 0 spiro atoms. The largest absolute Gasteiger partial charge is 0.397 e. The van der Waals surface area contributed by atoms with E-state index in [-0.39, 0.29) is 0 Å². The van der Waals surface area contributed by atoms with E-state index in [4.69, 9.17) is 10.3 Å². The van der Waals surface area contributed by atoms with Gasteiger partial charge in [0.2, 0.25) is 0 Å². The molecule has 20 heavy (non-hydrogen) atoms. The fourth-order valence-corrected chi connectivity index (χ4v) is 2.91. The zero-order valence-corrected chi connectivity index (χ0v) is 12.2. The predicted octanol–water partition coefficient (Wildman–Crippen LogP) is 3.59. The van der Waals surface area contributed by atoms with Crippen molar-refractivity contribution in [2.75, 3.05) is 5.73 Å². The first kappa shape index (κ1) is 12.9. The number of rotatable bonds is 3. The van der Waals surface area contributed by atoms with Gasteiger partial charge in [0.15, 0.2) is 5.82 Å². The van der Waals surface area contributed by atoms with Crippen LogP contribution in [0, 0.1) is 13.8 Å². The van der Waals surface area contributed by atoms with E-state index in [0.29, 0.717) is 18.1 Å². The molecule has 0 aliphatic heterocycles. The summed E-state index contributed by atoms with van der Waals surface area (Å²) < 4.78 is 5.33. The summed E-state index contributed by atoms with van der Waals surface area (Å²) in [6.07, 6.45) is 0.667. The molecule has 0 amide bonds. The van der Waals surface area contributed by atoms with Crippen LogP contribution in [0.3, 0.4) is 0 Å². The van der Waals surface area contributed by atoms with Gasteiger partial charge in [-0.05, 0) is 35.9 Å². The number of nitrogens with two attached hydrogens (primary N) is 1. The lowest BCUT2D eigenvalue weighted by molar-refractivity contribution is 0.425. The standard InChI is InChI=1S/C15H15N3OS/c1-9-5-3-4-6-11(9)7-12-17-15(19-18-12)14-13(16)10(2)8-20-14/h3-6,8H,7,16H2,1-2H3. The number of aromatic nitrogens is 2. The van der Waals surface area contributed by atoms with Crippen LogP contribution < -0.4 is 5.73 Å². The predicted molar refractivity (Wildman–Crippen MR) is 80.7 cm³/mol. The van der Waals surface area contributed by atoms with Gasteiger partial charge in [-0.25, -0.2) is 0 Å². The van der Waals surface area contributed by atoms with Crippen LogP contribution in [-0.4, -0.2) is 10.1 Å². The Morgan fingerprint density at radius 3 is 2.70 bits per heavy atom. The van der Waals surface area contributed by atoms with Crippen molar-refractivity contribution in [3.8, 4) is 10.8 Å². The van der Waals surface area contributed by atoms with Crippen molar-refractivity contribution in [2.45, 2.75) is 20.3 Å². The van der Waals surface area contributed by atoms with Crippen molar-refractivity contribution in [1.29, 1.82) is 0 Å². The minimum Gasteiger partial charge on any atom is -0.397 e. The topological polar surface area (TPSA) is 64.9 Å². The molecule has 1 aromatic carbocycles. The third-order valence-corrected chi connectivity index (χ3v) is 4.40. The molecule has 0 radical (unpaired) electrons. The Labute approximate surface area is 121 Å². The Hall–Kier alpha value is -2.14.